The first-order valence-corrected chi connectivity index (χ1v) is 9.31. The number of fused-ring (bicyclic) bond motifs is 1. The summed E-state index contributed by atoms with van der Waals surface area (Å²) in [5, 5.41) is 10.9. The maximum Gasteiger partial charge on any atom is 0.254 e. The molecule has 0 aliphatic carbocycles. The molecule has 4 rings (SSSR count). The van der Waals surface area contributed by atoms with E-state index in [4.69, 9.17) is 9.84 Å². The Kier molecular flexibility index (Phi) is 4.37. The zero-order valence-electron chi connectivity index (χ0n) is 16.5. The van der Waals surface area contributed by atoms with Gasteiger partial charge in [0.2, 0.25) is 5.88 Å². The van der Waals surface area contributed by atoms with Crippen LogP contribution in [0, 0.1) is 5.41 Å². The third-order valence-electron chi connectivity index (χ3n) is 5.10. The molecule has 4 heterocycles. The molecule has 7 nitrogen and oxygen atoms in total. The van der Waals surface area contributed by atoms with Crippen LogP contribution in [0.3, 0.4) is 0 Å². The third kappa shape index (κ3) is 2.83. The van der Waals surface area contributed by atoms with Gasteiger partial charge in [-0.3, -0.25) is 9.78 Å². The fourth-order valence-electron chi connectivity index (χ4n) is 3.51. The second-order valence-electron chi connectivity index (χ2n) is 7.37. The quantitative estimate of drug-likeness (QED) is 0.685. The van der Waals surface area contributed by atoms with Crippen LogP contribution in [0.2, 0.25) is 0 Å². The second kappa shape index (κ2) is 6.74. The average molecular weight is 377 g/mol. The first-order chi connectivity index (χ1) is 13.5. The molecule has 0 unspecified atom stereocenters. The van der Waals surface area contributed by atoms with Crippen LogP contribution in [0.4, 0.5) is 0 Å². The number of hydrogen-bond donors (Lipinski definition) is 0. The Bertz CT molecular complexity index is 1070. The molecule has 0 saturated heterocycles. The summed E-state index contributed by atoms with van der Waals surface area (Å²) in [7, 11) is 1.62. The number of aromatic nitrogens is 3. The number of hydrogen-bond acceptors (Lipinski definition) is 5. The van der Waals surface area contributed by atoms with Crippen LogP contribution < -0.4 is 4.74 Å². The van der Waals surface area contributed by atoms with Crippen molar-refractivity contribution in [3.05, 3.63) is 59.5 Å². The Hall–Kier alpha value is -3.22. The number of rotatable bonds is 5. The van der Waals surface area contributed by atoms with Crippen molar-refractivity contribution in [3.8, 4) is 5.88 Å². The zero-order chi connectivity index (χ0) is 19.9. The number of amides is 1. The van der Waals surface area contributed by atoms with Gasteiger partial charge in [-0.05, 0) is 44.0 Å². The smallest absolute Gasteiger partial charge is 0.254 e. The van der Waals surface area contributed by atoms with E-state index in [2.05, 4.69) is 17.0 Å². The molecule has 0 fully saturated rings. The molecular weight excluding hydrogens is 354 g/mol. The number of methoxy groups -OCH3 is 1. The maximum atomic E-state index is 13.1. The van der Waals surface area contributed by atoms with Crippen molar-refractivity contribution in [2.45, 2.75) is 33.7 Å². The fourth-order valence-corrected chi connectivity index (χ4v) is 3.51. The number of aryl methyl sites for hydroxylation is 1. The van der Waals surface area contributed by atoms with E-state index in [1.807, 2.05) is 44.2 Å². The first kappa shape index (κ1) is 18.2. The molecule has 0 bridgehead atoms. The second-order valence-corrected chi connectivity index (χ2v) is 7.37. The Morgan fingerprint density at radius 1 is 1.21 bits per heavy atom. The molecule has 3 aromatic heterocycles. The molecule has 0 atom stereocenters. The van der Waals surface area contributed by atoms with Crippen molar-refractivity contribution < 1.29 is 9.53 Å². The molecule has 0 radical (unpaired) electrons. The van der Waals surface area contributed by atoms with Gasteiger partial charge in [-0.2, -0.15) is 10.2 Å². The molecule has 7 heteroatoms. The molecule has 1 amide bonds. The predicted molar refractivity (Wildman–Crippen MR) is 106 cm³/mol. The molecule has 28 heavy (non-hydrogen) atoms. The molecule has 1 aliphatic heterocycles. The van der Waals surface area contributed by atoms with Gasteiger partial charge in [0, 0.05) is 24.0 Å². The fraction of sp³-hybridized carbons (Fsp3) is 0.333. The number of nitrogens with zero attached hydrogens (tertiary/aromatic N) is 5. The summed E-state index contributed by atoms with van der Waals surface area (Å²) in [5.41, 5.74) is 3.67. The van der Waals surface area contributed by atoms with Gasteiger partial charge in [-0.1, -0.05) is 13.0 Å². The summed E-state index contributed by atoms with van der Waals surface area (Å²) in [6.45, 7) is 6.28. The highest BCUT2D eigenvalue weighted by Gasteiger charge is 2.44. The minimum absolute atomic E-state index is 0.0319. The molecule has 0 spiro atoms. The molecule has 0 aromatic carbocycles. The maximum absolute atomic E-state index is 13.1. The van der Waals surface area contributed by atoms with E-state index in [0.29, 0.717) is 12.4 Å². The number of ether oxygens (including phenoxy) is 1. The Morgan fingerprint density at radius 3 is 2.71 bits per heavy atom. The van der Waals surface area contributed by atoms with E-state index in [-0.39, 0.29) is 5.91 Å². The lowest BCUT2D eigenvalue weighted by molar-refractivity contribution is -0.135. The highest BCUT2D eigenvalue weighted by molar-refractivity contribution is 6.21. The standard InChI is InChI=1S/C21H23N5O2/c1-5-15-11-17-16(8-9-18(28-4)26(17)23-15)19-21(2,3)20(27)25(24-19)13-14-7-6-10-22-12-14/h6-12H,5,13H2,1-4H3. The Balaban J connectivity index is 1.82. The largest absolute Gasteiger partial charge is 0.481 e. The van der Waals surface area contributed by atoms with Crippen LogP contribution in [0.25, 0.3) is 5.52 Å². The van der Waals surface area contributed by atoms with Gasteiger partial charge in [0.1, 0.15) is 0 Å². The lowest BCUT2D eigenvalue weighted by Crippen LogP contribution is -2.34. The molecule has 0 saturated carbocycles. The number of carbonyl (C=O) groups excluding carboxylic acids is 1. The van der Waals surface area contributed by atoms with Gasteiger partial charge < -0.3 is 4.74 Å². The summed E-state index contributed by atoms with van der Waals surface area (Å²) in [6.07, 6.45) is 4.28. The third-order valence-corrected chi connectivity index (χ3v) is 5.10. The van der Waals surface area contributed by atoms with Crippen molar-refractivity contribution in [2.75, 3.05) is 7.11 Å². The highest BCUT2D eigenvalue weighted by atomic mass is 16.5. The van der Waals surface area contributed by atoms with Gasteiger partial charge in [-0.15, -0.1) is 0 Å². The molecule has 1 aliphatic rings. The topological polar surface area (TPSA) is 72.1 Å². The monoisotopic (exact) mass is 377 g/mol. The SMILES string of the molecule is CCc1cc2c(C3=NN(Cc4cccnc4)C(=O)C3(C)C)ccc(OC)n2n1. The van der Waals surface area contributed by atoms with Gasteiger partial charge in [0.05, 0.1) is 36.0 Å². The molecule has 0 N–H and O–H groups in total. The summed E-state index contributed by atoms with van der Waals surface area (Å²) in [6, 6.07) is 9.65. The van der Waals surface area contributed by atoms with E-state index in [9.17, 15) is 4.79 Å². The van der Waals surface area contributed by atoms with Crippen LogP contribution >= 0.6 is 0 Å². The van der Waals surface area contributed by atoms with Gasteiger partial charge in [-0.25, -0.2) is 9.52 Å². The van der Waals surface area contributed by atoms with Crippen molar-refractivity contribution in [3.63, 3.8) is 0 Å². The minimum atomic E-state index is -0.742. The lowest BCUT2D eigenvalue weighted by Gasteiger charge is -2.20. The molecule has 144 valence electrons. The molecular formula is C21H23N5O2. The van der Waals surface area contributed by atoms with Crippen LogP contribution in [-0.2, 0) is 17.8 Å². The van der Waals surface area contributed by atoms with Crippen LogP contribution in [0.5, 0.6) is 5.88 Å². The first-order valence-electron chi connectivity index (χ1n) is 9.31. The van der Waals surface area contributed by atoms with Gasteiger partial charge in [0.25, 0.3) is 5.91 Å². The summed E-state index contributed by atoms with van der Waals surface area (Å²) >= 11 is 0. The van der Waals surface area contributed by atoms with E-state index >= 15 is 0 Å². The number of pyridine rings is 2. The van der Waals surface area contributed by atoms with Crippen molar-refractivity contribution >= 4 is 17.1 Å². The minimum Gasteiger partial charge on any atom is -0.481 e. The van der Waals surface area contributed by atoms with Crippen molar-refractivity contribution in [1.29, 1.82) is 0 Å². The van der Waals surface area contributed by atoms with Crippen molar-refractivity contribution in [2.24, 2.45) is 10.5 Å². The summed E-state index contributed by atoms with van der Waals surface area (Å²) in [5.74, 6) is 0.615. The predicted octanol–water partition coefficient (Wildman–Crippen LogP) is 3.07. The van der Waals surface area contributed by atoms with Crippen LogP contribution in [0.15, 0.2) is 47.8 Å². The van der Waals surface area contributed by atoms with Gasteiger partial charge in [0.15, 0.2) is 0 Å². The normalized spacial score (nSPS) is 15.9. The zero-order valence-corrected chi connectivity index (χ0v) is 16.5. The van der Waals surface area contributed by atoms with Gasteiger partial charge >= 0.3 is 0 Å². The lowest BCUT2D eigenvalue weighted by atomic mass is 9.83. The molecule has 3 aromatic rings. The van der Waals surface area contributed by atoms with E-state index in [1.54, 1.807) is 24.0 Å². The van der Waals surface area contributed by atoms with E-state index in [0.717, 1.165) is 34.5 Å². The number of carbonyl (C=O) groups is 1. The summed E-state index contributed by atoms with van der Waals surface area (Å²) in [4.78, 5) is 17.2. The number of hydrazone groups is 1. The van der Waals surface area contributed by atoms with Crippen LogP contribution in [0.1, 0.15) is 37.6 Å². The average Bonchev–Trinajstić information content (AvgIpc) is 3.23. The summed E-state index contributed by atoms with van der Waals surface area (Å²) < 4.78 is 7.23. The van der Waals surface area contributed by atoms with E-state index < -0.39 is 5.41 Å². The Labute approximate surface area is 163 Å². The van der Waals surface area contributed by atoms with E-state index in [1.165, 1.54) is 5.01 Å². The Morgan fingerprint density at radius 2 is 2.04 bits per heavy atom. The van der Waals surface area contributed by atoms with Crippen molar-refractivity contribution in [1.82, 2.24) is 19.6 Å². The highest BCUT2D eigenvalue weighted by Crippen LogP contribution is 2.35. The van der Waals surface area contributed by atoms with Crippen LogP contribution in [-0.4, -0.2) is 38.3 Å².